The third-order valence-corrected chi connectivity index (χ3v) is 5.87. The van der Waals surface area contributed by atoms with E-state index in [0.29, 0.717) is 23.6 Å². The van der Waals surface area contributed by atoms with Crippen LogP contribution in [0.15, 0.2) is 64.0 Å². The maximum absolute atomic E-state index is 12.0. The van der Waals surface area contributed by atoms with Gasteiger partial charge in [0.05, 0.1) is 12.0 Å². The van der Waals surface area contributed by atoms with Crippen molar-refractivity contribution in [1.82, 2.24) is 9.88 Å². The number of aryl methyl sites for hydroxylation is 1. The molecule has 0 aliphatic heterocycles. The van der Waals surface area contributed by atoms with Crippen LogP contribution in [0.25, 0.3) is 11.3 Å². The first-order valence-corrected chi connectivity index (χ1v) is 10.7. The summed E-state index contributed by atoms with van der Waals surface area (Å²) in [5.41, 5.74) is 2.21. The van der Waals surface area contributed by atoms with Crippen molar-refractivity contribution in [2.24, 2.45) is 0 Å². The van der Waals surface area contributed by atoms with Gasteiger partial charge in [0.1, 0.15) is 11.4 Å². The van der Waals surface area contributed by atoms with E-state index < -0.39 is 16.0 Å². The number of ether oxygens (including phenoxy) is 2. The molecular weight excluding hydrogens is 408 g/mol. The lowest BCUT2D eigenvalue weighted by molar-refractivity contribution is -0.145. The molecule has 1 N–H and O–H groups in total. The highest BCUT2D eigenvalue weighted by Gasteiger charge is 2.13. The van der Waals surface area contributed by atoms with E-state index in [0.717, 1.165) is 11.1 Å². The highest BCUT2D eigenvalue weighted by atomic mass is 32.2. The first kappa shape index (κ1) is 21.5. The number of methoxy groups -OCH3 is 1. The van der Waals surface area contributed by atoms with Crippen LogP contribution in [0, 0.1) is 0 Å². The van der Waals surface area contributed by atoms with Gasteiger partial charge < -0.3 is 14.0 Å². The highest BCUT2D eigenvalue weighted by molar-refractivity contribution is 7.89. The Morgan fingerprint density at radius 2 is 1.87 bits per heavy atom. The molecule has 3 aromatic rings. The van der Waals surface area contributed by atoms with Crippen molar-refractivity contribution < 1.29 is 27.2 Å². The third kappa shape index (κ3) is 5.25. The summed E-state index contributed by atoms with van der Waals surface area (Å²) in [6.45, 7) is -0.0274. The van der Waals surface area contributed by atoms with Crippen molar-refractivity contribution >= 4 is 16.0 Å². The fourth-order valence-corrected chi connectivity index (χ4v) is 3.52. The number of benzene rings is 2. The van der Waals surface area contributed by atoms with E-state index in [1.54, 1.807) is 25.3 Å². The lowest BCUT2D eigenvalue weighted by Gasteiger charge is -2.05. The Kier molecular flexibility index (Phi) is 6.86. The van der Waals surface area contributed by atoms with E-state index in [-0.39, 0.29) is 17.9 Å². The molecule has 1 aromatic heterocycles. The molecule has 0 aliphatic rings. The van der Waals surface area contributed by atoms with Gasteiger partial charge in [0.15, 0.2) is 12.4 Å². The average Bonchev–Trinajstić information content (AvgIpc) is 3.25. The SMILES string of the molecule is CNS(=O)(=O)c1ccc(CCC(=O)OCc2cc(-c3ccccc3OC)no2)cc1. The number of carbonyl (C=O) groups excluding carboxylic acids is 1. The Balaban J connectivity index is 1.51. The van der Waals surface area contributed by atoms with Crippen LogP contribution in [0.5, 0.6) is 5.75 Å². The molecule has 0 bridgehead atoms. The van der Waals surface area contributed by atoms with E-state index in [2.05, 4.69) is 9.88 Å². The molecule has 0 saturated carbocycles. The Hall–Kier alpha value is -3.17. The molecule has 158 valence electrons. The van der Waals surface area contributed by atoms with Gasteiger partial charge in [-0.1, -0.05) is 29.4 Å². The topological polar surface area (TPSA) is 108 Å². The molecule has 0 fully saturated rings. The van der Waals surface area contributed by atoms with Crippen LogP contribution in [0.2, 0.25) is 0 Å². The largest absolute Gasteiger partial charge is 0.496 e. The summed E-state index contributed by atoms with van der Waals surface area (Å²) >= 11 is 0. The van der Waals surface area contributed by atoms with Crippen molar-refractivity contribution in [3.8, 4) is 17.0 Å². The minimum atomic E-state index is -3.47. The van der Waals surface area contributed by atoms with Gasteiger partial charge in [-0.2, -0.15) is 0 Å². The number of aromatic nitrogens is 1. The molecule has 0 saturated heterocycles. The van der Waals surface area contributed by atoms with Gasteiger partial charge in [0.2, 0.25) is 10.0 Å². The van der Waals surface area contributed by atoms with Crippen molar-refractivity contribution in [2.45, 2.75) is 24.3 Å². The second-order valence-electron chi connectivity index (χ2n) is 6.39. The van der Waals surface area contributed by atoms with Crippen LogP contribution >= 0.6 is 0 Å². The van der Waals surface area contributed by atoms with Crippen LogP contribution in [0.3, 0.4) is 0 Å². The minimum Gasteiger partial charge on any atom is -0.496 e. The number of nitrogens with zero attached hydrogens (tertiary/aromatic N) is 1. The molecule has 0 spiro atoms. The van der Waals surface area contributed by atoms with Gasteiger partial charge in [-0.05, 0) is 43.3 Å². The number of hydrogen-bond acceptors (Lipinski definition) is 7. The zero-order valence-corrected chi connectivity index (χ0v) is 17.4. The Morgan fingerprint density at radius 1 is 1.13 bits per heavy atom. The number of para-hydroxylation sites is 1. The zero-order chi connectivity index (χ0) is 21.6. The number of rotatable bonds is 9. The van der Waals surface area contributed by atoms with E-state index in [4.69, 9.17) is 14.0 Å². The van der Waals surface area contributed by atoms with E-state index in [1.165, 1.54) is 19.2 Å². The summed E-state index contributed by atoms with van der Waals surface area (Å²) in [6.07, 6.45) is 0.590. The molecule has 1 heterocycles. The first-order valence-electron chi connectivity index (χ1n) is 9.20. The fourth-order valence-electron chi connectivity index (χ4n) is 2.79. The quantitative estimate of drug-likeness (QED) is 0.520. The monoisotopic (exact) mass is 430 g/mol. The predicted molar refractivity (Wildman–Crippen MR) is 109 cm³/mol. The maximum Gasteiger partial charge on any atom is 0.306 e. The summed E-state index contributed by atoms with van der Waals surface area (Å²) in [6, 6.07) is 15.5. The third-order valence-electron chi connectivity index (χ3n) is 4.44. The van der Waals surface area contributed by atoms with Crippen LogP contribution in [-0.2, 0) is 32.6 Å². The molecule has 2 aromatic carbocycles. The normalized spacial score (nSPS) is 11.3. The molecule has 0 radical (unpaired) electrons. The summed E-state index contributed by atoms with van der Waals surface area (Å²) in [5, 5.41) is 4.00. The Morgan fingerprint density at radius 3 is 2.57 bits per heavy atom. The summed E-state index contributed by atoms with van der Waals surface area (Å²) in [4.78, 5) is 12.2. The lowest BCUT2D eigenvalue weighted by Crippen LogP contribution is -2.18. The van der Waals surface area contributed by atoms with Crippen molar-refractivity contribution in [2.75, 3.05) is 14.2 Å². The van der Waals surface area contributed by atoms with Gasteiger partial charge in [0, 0.05) is 18.1 Å². The lowest BCUT2D eigenvalue weighted by atomic mass is 10.1. The smallest absolute Gasteiger partial charge is 0.306 e. The molecule has 0 atom stereocenters. The summed E-state index contributed by atoms with van der Waals surface area (Å²) in [7, 11) is -0.542. The Bertz CT molecular complexity index is 1110. The standard InChI is InChI=1S/C21H22N2O6S/c1-22-30(25,26)17-10-7-15(8-11-17)9-12-21(24)28-14-16-13-19(23-29-16)18-5-3-4-6-20(18)27-2/h3-8,10-11,13,22H,9,12,14H2,1-2H3. The number of carbonyl (C=O) groups is 1. The summed E-state index contributed by atoms with van der Waals surface area (Å²) < 4.78 is 41.5. The molecule has 0 unspecified atom stereocenters. The van der Waals surface area contributed by atoms with Gasteiger partial charge in [-0.15, -0.1) is 0 Å². The van der Waals surface area contributed by atoms with Crippen molar-refractivity contribution in [3.63, 3.8) is 0 Å². The van der Waals surface area contributed by atoms with Crippen LogP contribution in [-0.4, -0.2) is 33.7 Å². The number of sulfonamides is 1. The fraction of sp³-hybridized carbons (Fsp3) is 0.238. The first-order chi connectivity index (χ1) is 14.4. The molecule has 3 rings (SSSR count). The average molecular weight is 430 g/mol. The molecule has 8 nitrogen and oxygen atoms in total. The molecule has 0 amide bonds. The van der Waals surface area contributed by atoms with Gasteiger partial charge >= 0.3 is 5.97 Å². The molecular formula is C21H22N2O6S. The van der Waals surface area contributed by atoms with Crippen LogP contribution in [0.4, 0.5) is 0 Å². The molecule has 0 aliphatic carbocycles. The Labute approximate surface area is 174 Å². The van der Waals surface area contributed by atoms with Crippen molar-refractivity contribution in [1.29, 1.82) is 0 Å². The second-order valence-corrected chi connectivity index (χ2v) is 8.28. The predicted octanol–water partition coefficient (Wildman–Crippen LogP) is 2.93. The minimum absolute atomic E-state index is 0.0274. The second kappa shape index (κ2) is 9.55. The number of esters is 1. The van der Waals surface area contributed by atoms with Gasteiger partial charge in [-0.3, -0.25) is 4.79 Å². The van der Waals surface area contributed by atoms with Crippen LogP contribution < -0.4 is 9.46 Å². The zero-order valence-electron chi connectivity index (χ0n) is 16.6. The maximum atomic E-state index is 12.0. The number of nitrogens with one attached hydrogen (secondary N) is 1. The number of hydrogen-bond donors (Lipinski definition) is 1. The van der Waals surface area contributed by atoms with E-state index in [9.17, 15) is 13.2 Å². The van der Waals surface area contributed by atoms with Crippen LogP contribution in [0.1, 0.15) is 17.7 Å². The van der Waals surface area contributed by atoms with Crippen molar-refractivity contribution in [3.05, 3.63) is 65.9 Å². The molecule has 30 heavy (non-hydrogen) atoms. The van der Waals surface area contributed by atoms with E-state index >= 15 is 0 Å². The molecule has 9 heteroatoms. The summed E-state index contributed by atoms with van der Waals surface area (Å²) in [5.74, 6) is 0.700. The van der Waals surface area contributed by atoms with Gasteiger partial charge in [-0.25, -0.2) is 13.1 Å². The van der Waals surface area contributed by atoms with Gasteiger partial charge in [0.25, 0.3) is 0 Å². The van der Waals surface area contributed by atoms with E-state index in [1.807, 2.05) is 24.3 Å². The highest BCUT2D eigenvalue weighted by Crippen LogP contribution is 2.29.